The van der Waals surface area contributed by atoms with Crippen molar-refractivity contribution in [3.05, 3.63) is 0 Å². The van der Waals surface area contributed by atoms with Crippen molar-refractivity contribution in [2.75, 3.05) is 20.0 Å². The van der Waals surface area contributed by atoms with Gasteiger partial charge in [-0.05, 0) is 17.8 Å². The topological polar surface area (TPSA) is 18.5 Å². The maximum Gasteiger partial charge on any atom is 0.338 e. The van der Waals surface area contributed by atoms with Crippen molar-refractivity contribution in [3.8, 4) is 0 Å². The van der Waals surface area contributed by atoms with E-state index in [0.717, 1.165) is 17.8 Å². The fourth-order valence-corrected chi connectivity index (χ4v) is 3.79. The molecule has 0 heterocycles. The van der Waals surface area contributed by atoms with Gasteiger partial charge in [-0.1, -0.05) is 6.92 Å². The smallest absolute Gasteiger partial charge is 0.338 e. The molecule has 0 unspecified atom stereocenters. The Labute approximate surface area is 69.6 Å². The van der Waals surface area contributed by atoms with Crippen LogP contribution in [0.15, 0.2) is 0 Å². The molecule has 0 aliphatic carbocycles. The quantitative estimate of drug-likeness (QED) is 0.512. The van der Waals surface area contributed by atoms with Crippen molar-refractivity contribution in [1.82, 2.24) is 0 Å². The zero-order valence-corrected chi connectivity index (χ0v) is 8.78. The molecule has 0 aliphatic heterocycles. The Hall–Kier alpha value is 0.487. The maximum atomic E-state index is 5.34. The van der Waals surface area contributed by atoms with Gasteiger partial charge in [0.05, 0.1) is 0 Å². The van der Waals surface area contributed by atoms with Crippen LogP contribution in [0.1, 0.15) is 6.92 Å². The van der Waals surface area contributed by atoms with E-state index in [-0.39, 0.29) is 0 Å². The predicted octanol–water partition coefficient (Wildman–Crippen LogP) is 1.67. The lowest BCUT2D eigenvalue weighted by Gasteiger charge is -2.24. The average Bonchev–Trinajstić information content (AvgIpc) is 2.01. The lowest BCUT2D eigenvalue weighted by atomic mass is 10.9. The molecule has 62 valence electrons. The molecule has 0 atom stereocenters. The molecule has 0 rings (SSSR count). The molecule has 0 radical (unpaired) electrons. The second-order valence-corrected chi connectivity index (χ2v) is 6.44. The van der Waals surface area contributed by atoms with Crippen LogP contribution >= 0.6 is 12.6 Å². The lowest BCUT2D eigenvalue weighted by Crippen LogP contribution is -2.39. The molecule has 0 N–H and O–H groups in total. The number of hydrogen-bond acceptors (Lipinski definition) is 3. The lowest BCUT2D eigenvalue weighted by molar-refractivity contribution is 0.245. The normalized spacial score (nSPS) is 12.0. The highest BCUT2D eigenvalue weighted by Crippen LogP contribution is 2.16. The van der Waals surface area contributed by atoms with Crippen LogP contribution < -0.4 is 0 Å². The minimum atomic E-state index is -1.79. The van der Waals surface area contributed by atoms with Gasteiger partial charge in [-0.3, -0.25) is 0 Å². The maximum absolute atomic E-state index is 5.34. The van der Waals surface area contributed by atoms with Gasteiger partial charge in [0.2, 0.25) is 0 Å². The van der Waals surface area contributed by atoms with E-state index >= 15 is 0 Å². The third-order valence-corrected chi connectivity index (χ3v) is 6.00. The van der Waals surface area contributed by atoms with Gasteiger partial charge in [-0.25, -0.2) is 0 Å². The van der Waals surface area contributed by atoms with Gasteiger partial charge in [0.15, 0.2) is 0 Å². The third kappa shape index (κ3) is 2.62. The minimum Gasteiger partial charge on any atom is -0.398 e. The fourth-order valence-electron chi connectivity index (χ4n) is 0.923. The highest BCUT2D eigenvalue weighted by atomic mass is 32.1. The van der Waals surface area contributed by atoms with Gasteiger partial charge in [-0.15, -0.1) is 0 Å². The Balaban J connectivity index is 3.87. The molecule has 0 aromatic heterocycles. The van der Waals surface area contributed by atoms with E-state index in [1.807, 2.05) is 0 Å². The summed E-state index contributed by atoms with van der Waals surface area (Å²) in [4.78, 5) is 0. The molecule has 0 saturated carbocycles. The minimum absolute atomic E-state index is 0.849. The van der Waals surface area contributed by atoms with Crippen LogP contribution in [0.25, 0.3) is 0 Å². The summed E-state index contributed by atoms with van der Waals surface area (Å²) < 4.78 is 10.7. The van der Waals surface area contributed by atoms with Crippen LogP contribution in [0.2, 0.25) is 12.1 Å². The van der Waals surface area contributed by atoms with E-state index in [1.54, 1.807) is 14.2 Å². The first-order valence-electron chi connectivity index (χ1n) is 3.46. The average molecular weight is 180 g/mol. The van der Waals surface area contributed by atoms with Crippen LogP contribution in [0, 0.1) is 0 Å². The Kier molecular flexibility index (Phi) is 5.43. The fraction of sp³-hybridized carbons (Fsp3) is 1.00. The summed E-state index contributed by atoms with van der Waals surface area (Å²) in [5.74, 6) is 0.849. The highest BCUT2D eigenvalue weighted by molar-refractivity contribution is 7.80. The molecule has 0 amide bonds. The van der Waals surface area contributed by atoms with Crippen molar-refractivity contribution < 1.29 is 8.85 Å². The van der Waals surface area contributed by atoms with Crippen molar-refractivity contribution in [2.45, 2.75) is 19.0 Å². The Bertz CT molecular complexity index is 77.6. The molecular weight excluding hydrogens is 164 g/mol. The first-order valence-corrected chi connectivity index (χ1v) is 6.32. The van der Waals surface area contributed by atoms with E-state index in [9.17, 15) is 0 Å². The zero-order chi connectivity index (χ0) is 8.04. The highest BCUT2D eigenvalue weighted by Gasteiger charge is 2.31. The Morgan fingerprint density at radius 3 is 1.90 bits per heavy atom. The summed E-state index contributed by atoms with van der Waals surface area (Å²) in [6.07, 6.45) is 0. The van der Waals surface area contributed by atoms with Gasteiger partial charge >= 0.3 is 8.56 Å². The number of thiol groups is 1. The first-order chi connectivity index (χ1) is 4.74. The van der Waals surface area contributed by atoms with Crippen LogP contribution in [-0.4, -0.2) is 28.5 Å². The summed E-state index contributed by atoms with van der Waals surface area (Å²) in [6, 6.07) is 1.97. The van der Waals surface area contributed by atoms with Crippen molar-refractivity contribution in [3.63, 3.8) is 0 Å². The molecule has 0 aliphatic rings. The van der Waals surface area contributed by atoms with Crippen LogP contribution in [0.4, 0.5) is 0 Å². The molecular formula is C6H16O2SSi. The molecule has 4 heteroatoms. The first kappa shape index (κ1) is 10.5. The Morgan fingerprint density at radius 2 is 1.80 bits per heavy atom. The van der Waals surface area contributed by atoms with E-state index in [4.69, 9.17) is 8.85 Å². The number of hydrogen-bond donors (Lipinski definition) is 1. The van der Waals surface area contributed by atoms with Gasteiger partial charge in [0.1, 0.15) is 0 Å². The summed E-state index contributed by atoms with van der Waals surface area (Å²) in [6.45, 7) is 2.10. The van der Waals surface area contributed by atoms with Gasteiger partial charge in [0, 0.05) is 14.2 Å². The van der Waals surface area contributed by atoms with Gasteiger partial charge in [-0.2, -0.15) is 12.6 Å². The largest absolute Gasteiger partial charge is 0.398 e. The molecule has 0 spiro atoms. The molecule has 2 nitrogen and oxygen atoms in total. The molecule has 0 bridgehead atoms. The van der Waals surface area contributed by atoms with Crippen LogP contribution in [-0.2, 0) is 8.85 Å². The zero-order valence-electron chi connectivity index (χ0n) is 6.89. The second-order valence-electron chi connectivity index (χ2n) is 2.15. The van der Waals surface area contributed by atoms with E-state index in [1.165, 1.54) is 0 Å². The van der Waals surface area contributed by atoms with Gasteiger partial charge < -0.3 is 8.85 Å². The third-order valence-electron chi connectivity index (χ3n) is 1.78. The van der Waals surface area contributed by atoms with Crippen molar-refractivity contribution in [1.29, 1.82) is 0 Å². The van der Waals surface area contributed by atoms with E-state index in [2.05, 4.69) is 19.6 Å². The molecule has 0 saturated heterocycles. The summed E-state index contributed by atoms with van der Waals surface area (Å²) in [5.41, 5.74) is 0. The van der Waals surface area contributed by atoms with Crippen molar-refractivity contribution in [2.24, 2.45) is 0 Å². The monoisotopic (exact) mass is 180 g/mol. The van der Waals surface area contributed by atoms with E-state index in [0.29, 0.717) is 0 Å². The number of rotatable bonds is 5. The molecule has 10 heavy (non-hydrogen) atoms. The predicted molar refractivity (Wildman–Crippen MR) is 48.9 cm³/mol. The van der Waals surface area contributed by atoms with Crippen molar-refractivity contribution >= 4 is 21.2 Å². The standard InChI is InChI=1S/C6H16O2SSi/c1-4-10(7-2,8-3)6-5-9/h9H,4-6H2,1-3H3. The molecule has 0 fully saturated rings. The SMILES string of the molecule is CC[Si](CCS)(OC)OC. The molecule has 0 aromatic rings. The summed E-state index contributed by atoms with van der Waals surface area (Å²) in [5, 5.41) is 0. The van der Waals surface area contributed by atoms with Gasteiger partial charge in [0.25, 0.3) is 0 Å². The van der Waals surface area contributed by atoms with Crippen LogP contribution in [0.5, 0.6) is 0 Å². The molecule has 0 aromatic carbocycles. The Morgan fingerprint density at radius 1 is 1.30 bits per heavy atom. The summed E-state index contributed by atoms with van der Waals surface area (Å²) >= 11 is 4.15. The van der Waals surface area contributed by atoms with Crippen LogP contribution in [0.3, 0.4) is 0 Å². The summed E-state index contributed by atoms with van der Waals surface area (Å²) in [7, 11) is 1.66. The second kappa shape index (κ2) is 5.18. The van der Waals surface area contributed by atoms with E-state index < -0.39 is 8.56 Å².